The number of pyridine rings is 1. The van der Waals surface area contributed by atoms with Gasteiger partial charge in [0, 0.05) is 12.7 Å². The molecule has 0 bridgehead atoms. The topological polar surface area (TPSA) is 56.7 Å². The highest BCUT2D eigenvalue weighted by atomic mass is 15.2. The van der Waals surface area contributed by atoms with Gasteiger partial charge in [-0.2, -0.15) is 0 Å². The highest BCUT2D eigenvalue weighted by molar-refractivity contribution is 5.77. The molecule has 14 heavy (non-hydrogen) atoms. The van der Waals surface area contributed by atoms with Gasteiger partial charge in [0.05, 0.1) is 11.7 Å². The van der Waals surface area contributed by atoms with Crippen molar-refractivity contribution in [1.82, 2.24) is 14.5 Å². The highest BCUT2D eigenvalue weighted by Gasteiger charge is 2.23. The van der Waals surface area contributed by atoms with E-state index in [0.717, 1.165) is 23.5 Å². The average molecular weight is 188 g/mol. The number of nitrogen functional groups attached to an aromatic ring is 1. The molecule has 2 heterocycles. The Morgan fingerprint density at radius 2 is 2.36 bits per heavy atom. The van der Waals surface area contributed by atoms with Crippen LogP contribution in [-0.2, 0) is 6.54 Å². The molecule has 2 aromatic heterocycles. The van der Waals surface area contributed by atoms with E-state index in [1.165, 1.54) is 12.8 Å². The van der Waals surface area contributed by atoms with Gasteiger partial charge in [-0.3, -0.25) is 4.98 Å². The molecule has 1 fully saturated rings. The van der Waals surface area contributed by atoms with Crippen LogP contribution in [0.1, 0.15) is 12.8 Å². The van der Waals surface area contributed by atoms with Gasteiger partial charge < -0.3 is 10.3 Å². The molecule has 1 aliphatic rings. The van der Waals surface area contributed by atoms with Gasteiger partial charge in [-0.1, -0.05) is 0 Å². The van der Waals surface area contributed by atoms with Crippen molar-refractivity contribution in [1.29, 1.82) is 0 Å². The van der Waals surface area contributed by atoms with Gasteiger partial charge in [0.2, 0.25) is 5.95 Å². The van der Waals surface area contributed by atoms with Crippen LogP contribution in [0.4, 0.5) is 5.95 Å². The van der Waals surface area contributed by atoms with Crippen LogP contribution in [0.3, 0.4) is 0 Å². The van der Waals surface area contributed by atoms with E-state index in [1.54, 1.807) is 12.4 Å². The Balaban J connectivity index is 2.13. The van der Waals surface area contributed by atoms with Crippen molar-refractivity contribution in [2.24, 2.45) is 5.92 Å². The van der Waals surface area contributed by atoms with Crippen LogP contribution in [-0.4, -0.2) is 14.5 Å². The monoisotopic (exact) mass is 188 g/mol. The molecule has 2 aromatic rings. The Bertz CT molecular complexity index is 470. The molecule has 4 nitrogen and oxygen atoms in total. The lowest BCUT2D eigenvalue weighted by molar-refractivity contribution is 0.650. The van der Waals surface area contributed by atoms with Gasteiger partial charge in [-0.05, 0) is 24.8 Å². The molecule has 1 saturated carbocycles. The number of hydrogen-bond donors (Lipinski definition) is 1. The van der Waals surface area contributed by atoms with Crippen molar-refractivity contribution in [3.63, 3.8) is 0 Å². The van der Waals surface area contributed by atoms with Crippen molar-refractivity contribution in [2.75, 3.05) is 5.73 Å². The maximum atomic E-state index is 5.85. The normalized spacial score (nSPS) is 16.3. The summed E-state index contributed by atoms with van der Waals surface area (Å²) in [5.74, 6) is 1.42. The second-order valence-corrected chi connectivity index (χ2v) is 3.89. The predicted octanol–water partition coefficient (Wildman–Crippen LogP) is 1.42. The molecule has 3 rings (SSSR count). The number of anilines is 1. The summed E-state index contributed by atoms with van der Waals surface area (Å²) >= 11 is 0. The van der Waals surface area contributed by atoms with Crippen LogP contribution in [0, 0.1) is 5.92 Å². The van der Waals surface area contributed by atoms with Crippen LogP contribution in [0.15, 0.2) is 18.5 Å². The highest BCUT2D eigenvalue weighted by Crippen LogP contribution is 2.32. The van der Waals surface area contributed by atoms with Gasteiger partial charge in [-0.25, -0.2) is 4.98 Å². The van der Waals surface area contributed by atoms with E-state index in [1.807, 2.05) is 6.07 Å². The van der Waals surface area contributed by atoms with E-state index >= 15 is 0 Å². The summed E-state index contributed by atoms with van der Waals surface area (Å²) in [7, 11) is 0. The van der Waals surface area contributed by atoms with E-state index in [2.05, 4.69) is 14.5 Å². The molecule has 0 radical (unpaired) electrons. The minimum atomic E-state index is 0.611. The number of hydrogen-bond acceptors (Lipinski definition) is 3. The van der Waals surface area contributed by atoms with Crippen LogP contribution in [0.5, 0.6) is 0 Å². The van der Waals surface area contributed by atoms with Crippen LogP contribution in [0.2, 0.25) is 0 Å². The van der Waals surface area contributed by atoms with Gasteiger partial charge in [-0.15, -0.1) is 0 Å². The van der Waals surface area contributed by atoms with E-state index in [4.69, 9.17) is 5.73 Å². The Morgan fingerprint density at radius 1 is 1.50 bits per heavy atom. The van der Waals surface area contributed by atoms with E-state index in [0.29, 0.717) is 5.95 Å². The van der Waals surface area contributed by atoms with Crippen molar-refractivity contribution >= 4 is 17.0 Å². The standard InChI is InChI=1S/C10H12N4/c11-10-13-8-5-12-4-3-9(8)14(10)6-7-1-2-7/h3-5,7H,1-2,6H2,(H2,11,13). The second-order valence-electron chi connectivity index (χ2n) is 3.89. The minimum Gasteiger partial charge on any atom is -0.369 e. The fourth-order valence-corrected chi connectivity index (χ4v) is 1.75. The number of fused-ring (bicyclic) bond motifs is 1. The number of aromatic nitrogens is 3. The molecule has 0 aliphatic heterocycles. The average Bonchev–Trinajstić information content (AvgIpc) is 2.93. The molecule has 0 amide bonds. The summed E-state index contributed by atoms with van der Waals surface area (Å²) in [6.45, 7) is 1.01. The molecule has 0 aromatic carbocycles. The lowest BCUT2D eigenvalue weighted by atomic mass is 10.3. The number of imidazole rings is 1. The van der Waals surface area contributed by atoms with Crippen molar-refractivity contribution in [2.45, 2.75) is 19.4 Å². The molecule has 0 saturated heterocycles. The second kappa shape index (κ2) is 2.70. The summed E-state index contributed by atoms with van der Waals surface area (Å²) < 4.78 is 2.09. The summed E-state index contributed by atoms with van der Waals surface area (Å²) in [5, 5.41) is 0. The van der Waals surface area contributed by atoms with Gasteiger partial charge in [0.1, 0.15) is 5.52 Å². The summed E-state index contributed by atoms with van der Waals surface area (Å²) in [5.41, 5.74) is 7.85. The molecular formula is C10H12N4. The lowest BCUT2D eigenvalue weighted by Crippen LogP contribution is -2.04. The summed E-state index contributed by atoms with van der Waals surface area (Å²) in [6, 6.07) is 1.97. The van der Waals surface area contributed by atoms with Crippen LogP contribution in [0.25, 0.3) is 11.0 Å². The maximum absolute atomic E-state index is 5.85. The first-order valence-electron chi connectivity index (χ1n) is 4.90. The first-order valence-corrected chi connectivity index (χ1v) is 4.90. The molecule has 2 N–H and O–H groups in total. The Morgan fingerprint density at radius 3 is 3.14 bits per heavy atom. The number of rotatable bonds is 2. The van der Waals surface area contributed by atoms with Crippen LogP contribution >= 0.6 is 0 Å². The summed E-state index contributed by atoms with van der Waals surface area (Å²) in [4.78, 5) is 8.30. The third-order valence-corrected chi connectivity index (χ3v) is 2.72. The van der Waals surface area contributed by atoms with Gasteiger partial charge >= 0.3 is 0 Å². The predicted molar refractivity (Wildman–Crippen MR) is 54.7 cm³/mol. The quantitative estimate of drug-likeness (QED) is 0.775. The molecule has 0 atom stereocenters. The summed E-state index contributed by atoms with van der Waals surface area (Å²) in [6.07, 6.45) is 6.19. The van der Waals surface area contributed by atoms with Gasteiger partial charge in [0.15, 0.2) is 0 Å². The Labute approximate surface area is 81.8 Å². The third-order valence-electron chi connectivity index (χ3n) is 2.72. The molecule has 4 heteroatoms. The fourth-order valence-electron chi connectivity index (χ4n) is 1.75. The van der Waals surface area contributed by atoms with E-state index in [-0.39, 0.29) is 0 Å². The first-order chi connectivity index (χ1) is 6.84. The Kier molecular flexibility index (Phi) is 1.50. The number of nitrogens with two attached hydrogens (primary N) is 1. The molecule has 0 unspecified atom stereocenters. The zero-order valence-corrected chi connectivity index (χ0v) is 7.85. The maximum Gasteiger partial charge on any atom is 0.201 e. The zero-order chi connectivity index (χ0) is 9.54. The molecule has 0 spiro atoms. The largest absolute Gasteiger partial charge is 0.369 e. The van der Waals surface area contributed by atoms with Crippen molar-refractivity contribution < 1.29 is 0 Å². The first kappa shape index (κ1) is 7.79. The number of nitrogens with zero attached hydrogens (tertiary/aromatic N) is 3. The molecule has 1 aliphatic carbocycles. The lowest BCUT2D eigenvalue weighted by Gasteiger charge is -2.03. The minimum absolute atomic E-state index is 0.611. The molecule has 72 valence electrons. The van der Waals surface area contributed by atoms with Crippen molar-refractivity contribution in [3.05, 3.63) is 18.5 Å². The Hall–Kier alpha value is -1.58. The van der Waals surface area contributed by atoms with Crippen LogP contribution < -0.4 is 5.73 Å². The SMILES string of the molecule is Nc1nc2cnccc2n1CC1CC1. The molecular weight excluding hydrogens is 176 g/mol. The smallest absolute Gasteiger partial charge is 0.201 e. The van der Waals surface area contributed by atoms with E-state index in [9.17, 15) is 0 Å². The van der Waals surface area contributed by atoms with Gasteiger partial charge in [0.25, 0.3) is 0 Å². The van der Waals surface area contributed by atoms with E-state index < -0.39 is 0 Å². The zero-order valence-electron chi connectivity index (χ0n) is 7.85. The third kappa shape index (κ3) is 1.14. The fraction of sp³-hybridized carbons (Fsp3) is 0.400. The van der Waals surface area contributed by atoms with Crippen molar-refractivity contribution in [3.8, 4) is 0 Å².